The van der Waals surface area contributed by atoms with Crippen LogP contribution in [0.2, 0.25) is 0 Å². The van der Waals surface area contributed by atoms with Gasteiger partial charge in [-0.05, 0) is 37.0 Å². The molecule has 0 bridgehead atoms. The number of nitrogens with two attached hydrogens (primary N) is 1. The summed E-state index contributed by atoms with van der Waals surface area (Å²) in [6.45, 7) is 2.14. The lowest BCUT2D eigenvalue weighted by molar-refractivity contribution is 0.910. The second-order valence-corrected chi connectivity index (χ2v) is 4.77. The van der Waals surface area contributed by atoms with Crippen molar-refractivity contribution in [3.05, 3.63) is 45.9 Å². The first-order valence-corrected chi connectivity index (χ1v) is 6.43. The summed E-state index contributed by atoms with van der Waals surface area (Å²) in [5, 5.41) is 3.39. The van der Waals surface area contributed by atoms with E-state index in [4.69, 9.17) is 5.73 Å². The zero-order valence-corrected chi connectivity index (χ0v) is 10.3. The van der Waals surface area contributed by atoms with Crippen LogP contribution in [-0.2, 0) is 19.3 Å². The van der Waals surface area contributed by atoms with Gasteiger partial charge >= 0.3 is 0 Å². The lowest BCUT2D eigenvalue weighted by Crippen LogP contribution is -1.93. The van der Waals surface area contributed by atoms with Crippen LogP contribution in [0.25, 0.3) is 0 Å². The number of hydrogen-bond donors (Lipinski definition) is 1. The Balaban J connectivity index is 1.94. The van der Waals surface area contributed by atoms with Crippen LogP contribution in [0.5, 0.6) is 0 Å². The van der Waals surface area contributed by atoms with Crippen LogP contribution in [-0.4, -0.2) is 4.98 Å². The number of aryl methyl sites for hydroxylation is 3. The van der Waals surface area contributed by atoms with Gasteiger partial charge < -0.3 is 5.73 Å². The van der Waals surface area contributed by atoms with Crippen molar-refractivity contribution in [2.75, 3.05) is 5.73 Å². The maximum absolute atomic E-state index is 5.64. The monoisotopic (exact) mass is 232 g/mol. The molecule has 2 N–H and O–H groups in total. The van der Waals surface area contributed by atoms with Gasteiger partial charge in [0.1, 0.15) is 0 Å². The summed E-state index contributed by atoms with van der Waals surface area (Å²) in [7, 11) is 0. The van der Waals surface area contributed by atoms with Crippen molar-refractivity contribution < 1.29 is 0 Å². The fraction of sp³-hybridized carbons (Fsp3) is 0.308. The molecule has 0 aliphatic heterocycles. The van der Waals surface area contributed by atoms with Crippen LogP contribution >= 0.6 is 11.3 Å². The van der Waals surface area contributed by atoms with Crippen molar-refractivity contribution >= 4 is 17.0 Å². The molecule has 1 aromatic heterocycles. The van der Waals surface area contributed by atoms with Gasteiger partial charge in [0.05, 0.1) is 10.7 Å². The van der Waals surface area contributed by atoms with E-state index >= 15 is 0 Å². The van der Waals surface area contributed by atoms with E-state index in [1.165, 1.54) is 16.3 Å². The van der Waals surface area contributed by atoms with E-state index in [0.29, 0.717) is 0 Å². The Morgan fingerprint density at radius 1 is 1.19 bits per heavy atom. The van der Waals surface area contributed by atoms with Crippen molar-refractivity contribution in [1.29, 1.82) is 0 Å². The van der Waals surface area contributed by atoms with E-state index in [1.807, 2.05) is 12.1 Å². The number of anilines is 1. The third-order valence-corrected chi connectivity index (χ3v) is 3.59. The molecule has 0 unspecified atom stereocenters. The summed E-state index contributed by atoms with van der Waals surface area (Å²) >= 11 is 1.76. The number of nitrogens with zero attached hydrogens (tertiary/aromatic N) is 1. The SMILES string of the molecule is CCc1nc(CCc2ccc(N)cc2)cs1. The van der Waals surface area contributed by atoms with E-state index in [2.05, 4.69) is 29.4 Å². The summed E-state index contributed by atoms with van der Waals surface area (Å²) in [6, 6.07) is 8.08. The zero-order valence-electron chi connectivity index (χ0n) is 9.44. The molecule has 1 heterocycles. The smallest absolute Gasteiger partial charge is 0.0925 e. The molecule has 2 nitrogen and oxygen atoms in total. The minimum atomic E-state index is 0.825. The highest BCUT2D eigenvalue weighted by atomic mass is 32.1. The Hall–Kier alpha value is -1.35. The zero-order chi connectivity index (χ0) is 11.4. The van der Waals surface area contributed by atoms with Gasteiger partial charge in [-0.15, -0.1) is 11.3 Å². The lowest BCUT2D eigenvalue weighted by Gasteiger charge is -1.99. The molecule has 3 heteroatoms. The molecular weight excluding hydrogens is 216 g/mol. The summed E-state index contributed by atoms with van der Waals surface area (Å²) < 4.78 is 0. The molecule has 0 aliphatic carbocycles. The van der Waals surface area contributed by atoms with Gasteiger partial charge in [0.2, 0.25) is 0 Å². The average molecular weight is 232 g/mol. The summed E-state index contributed by atoms with van der Waals surface area (Å²) in [4.78, 5) is 4.56. The molecule has 1 aromatic carbocycles. The molecule has 2 aromatic rings. The van der Waals surface area contributed by atoms with Crippen LogP contribution in [0.1, 0.15) is 23.2 Å². The number of hydrogen-bond acceptors (Lipinski definition) is 3. The maximum atomic E-state index is 5.64. The first-order chi connectivity index (χ1) is 7.78. The highest BCUT2D eigenvalue weighted by molar-refractivity contribution is 7.09. The fourth-order valence-electron chi connectivity index (χ4n) is 1.58. The first kappa shape index (κ1) is 11.1. The van der Waals surface area contributed by atoms with Crippen molar-refractivity contribution in [3.8, 4) is 0 Å². The third-order valence-electron chi connectivity index (χ3n) is 2.55. The molecule has 84 valence electrons. The van der Waals surface area contributed by atoms with E-state index in [9.17, 15) is 0 Å². The van der Waals surface area contributed by atoms with Crippen LogP contribution in [0.3, 0.4) is 0 Å². The molecule has 16 heavy (non-hydrogen) atoms. The van der Waals surface area contributed by atoms with E-state index in [1.54, 1.807) is 11.3 Å². The van der Waals surface area contributed by atoms with Crippen molar-refractivity contribution in [2.45, 2.75) is 26.2 Å². The van der Waals surface area contributed by atoms with Crippen molar-refractivity contribution in [2.24, 2.45) is 0 Å². The van der Waals surface area contributed by atoms with Crippen LogP contribution in [0, 0.1) is 0 Å². The molecule has 0 saturated carbocycles. The number of aromatic nitrogens is 1. The molecule has 0 spiro atoms. The predicted octanol–water partition coefficient (Wildman–Crippen LogP) is 3.07. The summed E-state index contributed by atoms with van der Waals surface area (Å²) in [5.74, 6) is 0. The third kappa shape index (κ3) is 2.83. The minimum absolute atomic E-state index is 0.825. The van der Waals surface area contributed by atoms with Gasteiger partial charge in [0.25, 0.3) is 0 Å². The van der Waals surface area contributed by atoms with Crippen LogP contribution in [0.15, 0.2) is 29.6 Å². The Bertz CT molecular complexity index is 445. The summed E-state index contributed by atoms with van der Waals surface area (Å²) in [5.41, 5.74) is 9.00. The molecule has 0 saturated heterocycles. The Labute approximate surface area is 100 Å². The Morgan fingerprint density at radius 3 is 2.56 bits per heavy atom. The topological polar surface area (TPSA) is 38.9 Å². The molecule has 0 amide bonds. The normalized spacial score (nSPS) is 10.6. The molecule has 2 rings (SSSR count). The largest absolute Gasteiger partial charge is 0.399 e. The minimum Gasteiger partial charge on any atom is -0.399 e. The van der Waals surface area contributed by atoms with E-state index < -0.39 is 0 Å². The van der Waals surface area contributed by atoms with Gasteiger partial charge in [-0.3, -0.25) is 0 Å². The van der Waals surface area contributed by atoms with Gasteiger partial charge in [0, 0.05) is 11.1 Å². The number of rotatable bonds is 4. The average Bonchev–Trinajstić information content (AvgIpc) is 2.76. The first-order valence-electron chi connectivity index (χ1n) is 5.55. The van der Waals surface area contributed by atoms with Gasteiger partial charge in [-0.25, -0.2) is 4.98 Å². The molecule has 0 aliphatic rings. The standard InChI is InChI=1S/C13H16N2S/c1-2-13-15-12(9-16-13)8-5-10-3-6-11(14)7-4-10/h3-4,6-7,9H,2,5,8,14H2,1H3. The van der Waals surface area contributed by atoms with Crippen LogP contribution in [0.4, 0.5) is 5.69 Å². The van der Waals surface area contributed by atoms with Gasteiger partial charge in [-0.2, -0.15) is 0 Å². The second kappa shape index (κ2) is 5.12. The number of thiazole rings is 1. The maximum Gasteiger partial charge on any atom is 0.0925 e. The van der Waals surface area contributed by atoms with Crippen molar-refractivity contribution in [3.63, 3.8) is 0 Å². The van der Waals surface area contributed by atoms with Crippen LogP contribution < -0.4 is 5.73 Å². The second-order valence-electron chi connectivity index (χ2n) is 3.83. The number of nitrogen functional groups attached to an aromatic ring is 1. The highest BCUT2D eigenvalue weighted by Crippen LogP contribution is 2.13. The Kier molecular flexibility index (Phi) is 3.57. The quantitative estimate of drug-likeness (QED) is 0.823. The van der Waals surface area contributed by atoms with E-state index in [-0.39, 0.29) is 0 Å². The molecule has 0 atom stereocenters. The van der Waals surface area contributed by atoms with Crippen molar-refractivity contribution in [1.82, 2.24) is 4.98 Å². The highest BCUT2D eigenvalue weighted by Gasteiger charge is 2.00. The molecular formula is C13H16N2S. The number of benzene rings is 1. The predicted molar refractivity (Wildman–Crippen MR) is 69.8 cm³/mol. The Morgan fingerprint density at radius 2 is 1.94 bits per heavy atom. The molecule has 0 radical (unpaired) electrons. The van der Waals surface area contributed by atoms with Gasteiger partial charge in [-0.1, -0.05) is 19.1 Å². The summed E-state index contributed by atoms with van der Waals surface area (Å²) in [6.07, 6.45) is 3.08. The van der Waals surface area contributed by atoms with Gasteiger partial charge in [0.15, 0.2) is 0 Å². The lowest BCUT2D eigenvalue weighted by atomic mass is 10.1. The molecule has 0 fully saturated rings. The fourth-order valence-corrected chi connectivity index (χ4v) is 2.36. The van der Waals surface area contributed by atoms with E-state index in [0.717, 1.165) is 24.9 Å².